The first-order valence-electron chi connectivity index (χ1n) is 7.59. The van der Waals surface area contributed by atoms with Gasteiger partial charge in [0, 0.05) is 0 Å². The predicted molar refractivity (Wildman–Crippen MR) is 110 cm³/mol. The zero-order valence-corrected chi connectivity index (χ0v) is 16.7. The summed E-state index contributed by atoms with van der Waals surface area (Å²) in [5, 5.41) is 0. The third-order valence-corrected chi connectivity index (χ3v) is 20.4. The Morgan fingerprint density at radius 3 is 1.22 bits per heavy atom. The van der Waals surface area contributed by atoms with Gasteiger partial charge < -0.3 is 0 Å². The van der Waals surface area contributed by atoms with Gasteiger partial charge in [0.05, 0.1) is 0 Å². The third kappa shape index (κ3) is 3.44. The SMILES string of the molecule is CC(=S)[S][Ge]([c]1ccccc1)([c]1ccccc1)[c]1ccccc1. The van der Waals surface area contributed by atoms with Crippen LogP contribution in [0.3, 0.4) is 0 Å². The van der Waals surface area contributed by atoms with Crippen LogP contribution in [0.15, 0.2) is 91.0 Å². The van der Waals surface area contributed by atoms with Crippen LogP contribution >= 0.6 is 22.3 Å². The topological polar surface area (TPSA) is 0 Å². The van der Waals surface area contributed by atoms with Gasteiger partial charge in [-0.3, -0.25) is 0 Å². The van der Waals surface area contributed by atoms with Crippen molar-refractivity contribution < 1.29 is 0 Å². The van der Waals surface area contributed by atoms with E-state index in [9.17, 15) is 0 Å². The van der Waals surface area contributed by atoms with Crippen molar-refractivity contribution in [3.8, 4) is 0 Å². The number of hydrogen-bond acceptors (Lipinski definition) is 2. The Labute approximate surface area is 149 Å². The summed E-state index contributed by atoms with van der Waals surface area (Å²) in [7, 11) is 1.93. The fraction of sp³-hybridized carbons (Fsp3) is 0.0500. The van der Waals surface area contributed by atoms with Crippen LogP contribution in [0.1, 0.15) is 6.92 Å². The van der Waals surface area contributed by atoms with Gasteiger partial charge in [-0.2, -0.15) is 0 Å². The van der Waals surface area contributed by atoms with E-state index in [1.165, 1.54) is 13.2 Å². The Kier molecular flexibility index (Phi) is 5.36. The quantitative estimate of drug-likeness (QED) is 0.488. The minimum atomic E-state index is -2.87. The molecule has 0 aliphatic heterocycles. The summed E-state index contributed by atoms with van der Waals surface area (Å²) >= 11 is 2.68. The normalized spacial score (nSPS) is 11.2. The molecule has 0 atom stereocenters. The summed E-state index contributed by atoms with van der Waals surface area (Å²) < 4.78 is 5.30. The van der Waals surface area contributed by atoms with Gasteiger partial charge in [-0.25, -0.2) is 0 Å². The Morgan fingerprint density at radius 1 is 0.652 bits per heavy atom. The fourth-order valence-electron chi connectivity index (χ4n) is 2.91. The molecule has 23 heavy (non-hydrogen) atoms. The molecule has 0 spiro atoms. The van der Waals surface area contributed by atoms with Gasteiger partial charge in [-0.1, -0.05) is 0 Å². The molecule has 0 N–H and O–H groups in total. The van der Waals surface area contributed by atoms with Gasteiger partial charge in [0.1, 0.15) is 0 Å². The molecule has 0 amide bonds. The molecule has 0 aromatic heterocycles. The Hall–Kier alpha value is -1.36. The van der Waals surface area contributed by atoms with Gasteiger partial charge in [-0.05, 0) is 0 Å². The molecule has 3 aromatic rings. The summed E-state index contributed by atoms with van der Waals surface area (Å²) in [5.41, 5.74) is 0. The van der Waals surface area contributed by atoms with Gasteiger partial charge in [0.2, 0.25) is 0 Å². The van der Waals surface area contributed by atoms with Crippen LogP contribution in [0.25, 0.3) is 0 Å². The second-order valence-electron chi connectivity index (χ2n) is 5.37. The molecule has 0 saturated heterocycles. The Bertz CT molecular complexity index is 674. The standard InChI is InChI=1S/C20H18GeS2/c1-17(22)23-21(18-11-5-2-6-12-18,19-13-7-3-8-14-19)20-15-9-4-10-16-20/h2-16H,1H3. The van der Waals surface area contributed by atoms with Crippen molar-refractivity contribution in [2.24, 2.45) is 0 Å². The molecule has 3 heteroatoms. The molecular formula is C20H18GeS2. The molecule has 0 nitrogen and oxygen atoms in total. The molecule has 0 unspecified atom stereocenters. The molecule has 3 aromatic carbocycles. The summed E-state index contributed by atoms with van der Waals surface area (Å²) in [4.78, 5) is 0. The molecular weight excluding hydrogens is 377 g/mol. The maximum absolute atomic E-state index is 5.55. The molecule has 0 heterocycles. The second-order valence-corrected chi connectivity index (χ2v) is 18.0. The zero-order valence-electron chi connectivity index (χ0n) is 13.0. The summed E-state index contributed by atoms with van der Waals surface area (Å²) in [6.45, 7) is 2.05. The van der Waals surface area contributed by atoms with Crippen molar-refractivity contribution in [1.82, 2.24) is 0 Å². The first-order valence-corrected chi connectivity index (χ1v) is 14.5. The Morgan fingerprint density at radius 2 is 0.957 bits per heavy atom. The van der Waals surface area contributed by atoms with Crippen LogP contribution in [0.5, 0.6) is 0 Å². The van der Waals surface area contributed by atoms with E-state index < -0.39 is 12.1 Å². The van der Waals surface area contributed by atoms with E-state index in [0.717, 1.165) is 4.20 Å². The van der Waals surface area contributed by atoms with Crippen molar-refractivity contribution in [2.45, 2.75) is 6.92 Å². The van der Waals surface area contributed by atoms with Crippen molar-refractivity contribution in [3.63, 3.8) is 0 Å². The van der Waals surface area contributed by atoms with Gasteiger partial charge in [0.15, 0.2) is 0 Å². The van der Waals surface area contributed by atoms with Gasteiger partial charge >= 0.3 is 150 Å². The fourth-order valence-corrected chi connectivity index (χ4v) is 19.0. The molecule has 0 fully saturated rings. The predicted octanol–water partition coefficient (Wildman–Crippen LogP) is 3.73. The molecule has 0 aliphatic rings. The van der Waals surface area contributed by atoms with Crippen molar-refractivity contribution in [3.05, 3.63) is 91.0 Å². The first kappa shape index (κ1) is 16.5. The van der Waals surface area contributed by atoms with Crippen LogP contribution in [-0.4, -0.2) is 16.3 Å². The number of hydrogen-bond donors (Lipinski definition) is 0. The second kappa shape index (κ2) is 7.47. The third-order valence-electron chi connectivity index (χ3n) is 3.84. The van der Waals surface area contributed by atoms with Crippen molar-refractivity contribution >= 4 is 51.8 Å². The molecule has 114 valence electrons. The number of thiocarbonyl (C=S) groups is 1. The van der Waals surface area contributed by atoms with Crippen LogP contribution in [0.4, 0.5) is 0 Å². The van der Waals surface area contributed by atoms with Crippen LogP contribution in [-0.2, 0) is 0 Å². The van der Waals surface area contributed by atoms with Crippen LogP contribution in [0.2, 0.25) is 0 Å². The van der Waals surface area contributed by atoms with E-state index >= 15 is 0 Å². The van der Waals surface area contributed by atoms with E-state index in [4.69, 9.17) is 12.2 Å². The Balaban J connectivity index is 2.32. The van der Waals surface area contributed by atoms with Crippen LogP contribution in [0, 0.1) is 0 Å². The van der Waals surface area contributed by atoms with E-state index in [0.29, 0.717) is 0 Å². The first-order chi connectivity index (χ1) is 11.2. The number of rotatable bonds is 4. The summed E-state index contributed by atoms with van der Waals surface area (Å²) in [6.07, 6.45) is 0. The van der Waals surface area contributed by atoms with Gasteiger partial charge in [-0.15, -0.1) is 0 Å². The average molecular weight is 395 g/mol. The maximum atomic E-state index is 5.55. The molecule has 3 rings (SSSR count). The average Bonchev–Trinajstić information content (AvgIpc) is 2.62. The molecule has 0 radical (unpaired) electrons. The van der Waals surface area contributed by atoms with E-state index in [-0.39, 0.29) is 0 Å². The van der Waals surface area contributed by atoms with E-state index in [1.807, 2.05) is 10.1 Å². The molecule has 0 bridgehead atoms. The van der Waals surface area contributed by atoms with Crippen molar-refractivity contribution in [2.75, 3.05) is 0 Å². The van der Waals surface area contributed by atoms with Crippen molar-refractivity contribution in [1.29, 1.82) is 0 Å². The monoisotopic (exact) mass is 396 g/mol. The van der Waals surface area contributed by atoms with E-state index in [1.54, 1.807) is 0 Å². The zero-order chi connectivity index (χ0) is 16.1. The number of benzene rings is 3. The van der Waals surface area contributed by atoms with E-state index in [2.05, 4.69) is 97.9 Å². The summed E-state index contributed by atoms with van der Waals surface area (Å²) in [5.74, 6) is 0. The minimum absolute atomic E-state index is 1.02. The molecule has 0 aliphatic carbocycles. The van der Waals surface area contributed by atoms with Gasteiger partial charge in [0.25, 0.3) is 0 Å². The van der Waals surface area contributed by atoms with Crippen LogP contribution < -0.4 is 13.2 Å². The summed E-state index contributed by atoms with van der Waals surface area (Å²) in [6, 6.07) is 32.7. The molecule has 0 saturated carbocycles.